The van der Waals surface area contributed by atoms with Crippen LogP contribution in [0.4, 0.5) is 5.69 Å². The number of anilines is 1. The van der Waals surface area contributed by atoms with E-state index in [2.05, 4.69) is 0 Å². The Morgan fingerprint density at radius 2 is 1.90 bits per heavy atom. The van der Waals surface area contributed by atoms with Crippen LogP contribution in [0.1, 0.15) is 6.42 Å². The Balaban J connectivity index is 3.21. The molecular weight excluding hydrogens is 316 g/mol. The second kappa shape index (κ2) is 7.10. The Morgan fingerprint density at radius 1 is 1.24 bits per heavy atom. The van der Waals surface area contributed by atoms with Crippen molar-refractivity contribution in [1.29, 1.82) is 0 Å². The Kier molecular flexibility index (Phi) is 5.99. The number of methoxy groups -OCH3 is 1. The topological polar surface area (TPSA) is 107 Å². The first kappa shape index (κ1) is 17.7. The van der Waals surface area contributed by atoms with E-state index in [1.807, 2.05) is 0 Å². The van der Waals surface area contributed by atoms with Crippen molar-refractivity contribution in [3.05, 3.63) is 24.3 Å². The minimum atomic E-state index is -4.00. The van der Waals surface area contributed by atoms with Gasteiger partial charge in [0.25, 0.3) is 0 Å². The van der Waals surface area contributed by atoms with Crippen molar-refractivity contribution in [2.75, 3.05) is 35.8 Å². The van der Waals surface area contributed by atoms with Gasteiger partial charge in [0.1, 0.15) is 5.75 Å². The van der Waals surface area contributed by atoms with Crippen molar-refractivity contribution in [2.45, 2.75) is 6.42 Å². The van der Waals surface area contributed by atoms with E-state index in [1.54, 1.807) is 18.2 Å². The molecule has 0 aliphatic rings. The van der Waals surface area contributed by atoms with Crippen LogP contribution >= 0.6 is 0 Å². The number of sulfonamides is 1. The average Bonchev–Trinajstić information content (AvgIpc) is 2.36. The lowest BCUT2D eigenvalue weighted by Crippen LogP contribution is -2.36. The molecule has 120 valence electrons. The third-order valence-corrected chi connectivity index (χ3v) is 6.57. The zero-order valence-electron chi connectivity index (χ0n) is 12.0. The summed E-state index contributed by atoms with van der Waals surface area (Å²) in [6.07, 6.45) is 1.30. The number of nitrogens with zero attached hydrogens (tertiary/aromatic N) is 1. The molecule has 0 spiro atoms. The van der Waals surface area contributed by atoms with E-state index in [9.17, 15) is 16.8 Å². The molecule has 0 bridgehead atoms. The normalized spacial score (nSPS) is 12.1. The Labute approximate surface area is 125 Å². The van der Waals surface area contributed by atoms with Crippen LogP contribution in [0.5, 0.6) is 5.75 Å². The second-order valence-corrected chi connectivity index (χ2v) is 8.97. The number of rotatable bonds is 8. The van der Waals surface area contributed by atoms with E-state index in [4.69, 9.17) is 10.5 Å². The number of benzene rings is 1. The van der Waals surface area contributed by atoms with Crippen LogP contribution < -0.4 is 14.8 Å². The summed E-state index contributed by atoms with van der Waals surface area (Å²) in [5.74, 6) is 0.486. The smallest absolute Gasteiger partial charge is 0.249 e. The largest absolute Gasteiger partial charge is 0.497 e. The fourth-order valence-corrected chi connectivity index (χ4v) is 5.28. The molecule has 1 aromatic carbocycles. The van der Waals surface area contributed by atoms with Gasteiger partial charge in [0.15, 0.2) is 14.9 Å². The van der Waals surface area contributed by atoms with Crippen LogP contribution in [0.3, 0.4) is 0 Å². The minimum absolute atomic E-state index is 0.113. The van der Waals surface area contributed by atoms with Crippen molar-refractivity contribution >= 4 is 25.5 Å². The van der Waals surface area contributed by atoms with Gasteiger partial charge in [-0.05, 0) is 25.1 Å². The first-order chi connectivity index (χ1) is 9.69. The van der Waals surface area contributed by atoms with E-state index in [0.717, 1.165) is 10.6 Å². The Bertz CT molecular complexity index is 671. The highest BCUT2D eigenvalue weighted by Crippen LogP contribution is 2.24. The second-order valence-electron chi connectivity index (χ2n) is 4.57. The highest BCUT2D eigenvalue weighted by Gasteiger charge is 2.26. The molecule has 7 nitrogen and oxygen atoms in total. The highest BCUT2D eigenvalue weighted by molar-refractivity contribution is 8.08. The average molecular weight is 336 g/mol. The fraction of sp³-hybridized carbons (Fsp3) is 0.500. The maximum atomic E-state index is 12.3. The fourth-order valence-electron chi connectivity index (χ4n) is 1.76. The first-order valence-electron chi connectivity index (χ1n) is 6.22. The maximum absolute atomic E-state index is 12.3. The monoisotopic (exact) mass is 336 g/mol. The summed E-state index contributed by atoms with van der Waals surface area (Å²) in [5, 5.41) is -0.943. The van der Waals surface area contributed by atoms with Gasteiger partial charge in [-0.15, -0.1) is 0 Å². The van der Waals surface area contributed by atoms with E-state index >= 15 is 0 Å². The third kappa shape index (κ3) is 5.52. The van der Waals surface area contributed by atoms with Crippen LogP contribution in [0, 0.1) is 0 Å². The summed E-state index contributed by atoms with van der Waals surface area (Å²) in [6, 6.07) is 6.43. The number of nitrogens with two attached hydrogens (primary N) is 1. The van der Waals surface area contributed by atoms with Crippen LogP contribution in [0.15, 0.2) is 24.3 Å². The maximum Gasteiger partial charge on any atom is 0.249 e. The molecule has 0 aliphatic carbocycles. The zero-order chi connectivity index (χ0) is 16.1. The summed E-state index contributed by atoms with van der Waals surface area (Å²) >= 11 is 0. The molecule has 0 fully saturated rings. The molecule has 21 heavy (non-hydrogen) atoms. The minimum Gasteiger partial charge on any atom is -0.497 e. The quantitative estimate of drug-likeness (QED) is 0.726. The van der Waals surface area contributed by atoms with Crippen molar-refractivity contribution < 1.29 is 21.6 Å². The predicted octanol–water partition coefficient (Wildman–Crippen LogP) is 0.182. The molecule has 0 atom stereocenters. The standard InChI is InChI=1S/C12H20N2O5S2/c1-19-12-6-3-5-11(9-12)14(8-4-7-13)21(17,18)10-20(2,15)16/h3,5-6,9H,4,7-8,10,13H2,1-2H3. The lowest BCUT2D eigenvalue weighted by Gasteiger charge is -2.24. The summed E-state index contributed by atoms with van der Waals surface area (Å²) < 4.78 is 53.4. The molecular formula is C12H20N2O5S2. The highest BCUT2D eigenvalue weighted by atomic mass is 32.3. The van der Waals surface area contributed by atoms with Gasteiger partial charge < -0.3 is 10.5 Å². The SMILES string of the molecule is COc1cccc(N(CCCN)S(=O)(=O)CS(C)(=O)=O)c1. The lowest BCUT2D eigenvalue weighted by atomic mass is 10.3. The van der Waals surface area contributed by atoms with Crippen LogP contribution in [0.2, 0.25) is 0 Å². The van der Waals surface area contributed by atoms with Gasteiger partial charge in [-0.2, -0.15) is 0 Å². The van der Waals surface area contributed by atoms with Gasteiger partial charge >= 0.3 is 0 Å². The van der Waals surface area contributed by atoms with Gasteiger partial charge in [-0.3, -0.25) is 4.31 Å². The first-order valence-corrected chi connectivity index (χ1v) is 9.89. The number of ether oxygens (including phenoxy) is 1. The number of sulfone groups is 1. The molecule has 0 unspecified atom stereocenters. The van der Waals surface area contributed by atoms with E-state index in [-0.39, 0.29) is 6.54 Å². The van der Waals surface area contributed by atoms with Crippen LogP contribution in [0.25, 0.3) is 0 Å². The molecule has 0 amide bonds. The predicted molar refractivity (Wildman–Crippen MR) is 82.6 cm³/mol. The molecule has 0 aromatic heterocycles. The Hall–Kier alpha value is -1.32. The summed E-state index contributed by atoms with van der Waals surface area (Å²) in [5.41, 5.74) is 5.77. The van der Waals surface area contributed by atoms with Gasteiger partial charge in [0, 0.05) is 18.9 Å². The van der Waals surface area contributed by atoms with Crippen molar-refractivity contribution in [3.8, 4) is 5.75 Å². The molecule has 1 rings (SSSR count). The summed E-state index contributed by atoms with van der Waals surface area (Å²) in [7, 11) is -6.20. The molecule has 2 N–H and O–H groups in total. The van der Waals surface area contributed by atoms with Gasteiger partial charge in [0.05, 0.1) is 12.8 Å². The van der Waals surface area contributed by atoms with Gasteiger partial charge in [-0.25, -0.2) is 16.8 Å². The van der Waals surface area contributed by atoms with Crippen LogP contribution in [-0.4, -0.2) is 48.4 Å². The van der Waals surface area contributed by atoms with Gasteiger partial charge in [0.2, 0.25) is 10.0 Å². The molecule has 1 aromatic rings. The van der Waals surface area contributed by atoms with Crippen LogP contribution in [-0.2, 0) is 19.9 Å². The molecule has 0 heterocycles. The molecule has 0 saturated carbocycles. The summed E-state index contributed by atoms with van der Waals surface area (Å²) in [4.78, 5) is 0. The van der Waals surface area contributed by atoms with Gasteiger partial charge in [-0.1, -0.05) is 6.07 Å². The van der Waals surface area contributed by atoms with E-state index < -0.39 is 24.9 Å². The molecule has 0 radical (unpaired) electrons. The number of hydrogen-bond donors (Lipinski definition) is 1. The third-order valence-electron chi connectivity index (χ3n) is 2.61. The summed E-state index contributed by atoms with van der Waals surface area (Å²) in [6.45, 7) is 0.413. The van der Waals surface area contributed by atoms with E-state index in [0.29, 0.717) is 24.4 Å². The van der Waals surface area contributed by atoms with E-state index in [1.165, 1.54) is 13.2 Å². The lowest BCUT2D eigenvalue weighted by molar-refractivity contribution is 0.415. The number of hydrogen-bond acceptors (Lipinski definition) is 6. The molecule has 9 heteroatoms. The van der Waals surface area contributed by atoms with Crippen molar-refractivity contribution in [1.82, 2.24) is 0 Å². The Morgan fingerprint density at radius 3 is 2.43 bits per heavy atom. The zero-order valence-corrected chi connectivity index (χ0v) is 13.7. The van der Waals surface area contributed by atoms with Crippen molar-refractivity contribution in [3.63, 3.8) is 0 Å². The molecule has 0 aliphatic heterocycles. The van der Waals surface area contributed by atoms with Crippen molar-refractivity contribution in [2.24, 2.45) is 5.73 Å². The molecule has 0 saturated heterocycles.